The molecule has 0 spiro atoms. The standard InChI is InChI=1S/C21H28N2O4S/c1-15(2)27-20-8-6-7-18(12-20)13-22-21(24)14-23(28(5,25)26)19-10-16(3)9-17(4)11-19/h6-12,15H,13-14H2,1-5H3,(H,22,24). The van der Waals surface area contributed by atoms with Gasteiger partial charge in [0, 0.05) is 6.54 Å². The van der Waals surface area contributed by atoms with Gasteiger partial charge in [-0.25, -0.2) is 8.42 Å². The lowest BCUT2D eigenvalue weighted by molar-refractivity contribution is -0.119. The number of hydrogen-bond acceptors (Lipinski definition) is 4. The summed E-state index contributed by atoms with van der Waals surface area (Å²) < 4.78 is 31.3. The zero-order valence-electron chi connectivity index (χ0n) is 17.0. The molecule has 0 heterocycles. The van der Waals surface area contributed by atoms with Crippen LogP contribution in [0, 0.1) is 13.8 Å². The molecule has 1 N–H and O–H groups in total. The topological polar surface area (TPSA) is 75.7 Å². The Morgan fingerprint density at radius 1 is 1.11 bits per heavy atom. The van der Waals surface area contributed by atoms with E-state index in [-0.39, 0.29) is 18.6 Å². The molecule has 0 saturated heterocycles. The first kappa shape index (κ1) is 21.8. The minimum absolute atomic E-state index is 0.0611. The van der Waals surface area contributed by atoms with Gasteiger partial charge in [0.1, 0.15) is 12.3 Å². The van der Waals surface area contributed by atoms with Gasteiger partial charge in [0.2, 0.25) is 15.9 Å². The lowest BCUT2D eigenvalue weighted by atomic mass is 10.1. The van der Waals surface area contributed by atoms with Gasteiger partial charge in [-0.2, -0.15) is 0 Å². The molecule has 152 valence electrons. The average Bonchev–Trinajstić information content (AvgIpc) is 2.55. The number of sulfonamides is 1. The van der Waals surface area contributed by atoms with Gasteiger partial charge in [-0.1, -0.05) is 18.2 Å². The fourth-order valence-electron chi connectivity index (χ4n) is 2.88. The van der Waals surface area contributed by atoms with Crippen molar-refractivity contribution in [2.24, 2.45) is 0 Å². The van der Waals surface area contributed by atoms with E-state index in [0.717, 1.165) is 33.0 Å². The van der Waals surface area contributed by atoms with Crippen LogP contribution < -0.4 is 14.4 Å². The number of ether oxygens (including phenoxy) is 1. The predicted molar refractivity (Wildman–Crippen MR) is 112 cm³/mol. The number of rotatable bonds is 8. The van der Waals surface area contributed by atoms with Crippen molar-refractivity contribution in [3.63, 3.8) is 0 Å². The van der Waals surface area contributed by atoms with Gasteiger partial charge in [0.15, 0.2) is 0 Å². The van der Waals surface area contributed by atoms with Crippen LogP contribution in [0.25, 0.3) is 0 Å². The van der Waals surface area contributed by atoms with Gasteiger partial charge in [-0.3, -0.25) is 9.10 Å². The Kier molecular flexibility index (Phi) is 7.07. The third-order valence-corrected chi connectivity index (χ3v) is 5.08. The van der Waals surface area contributed by atoms with Crippen molar-refractivity contribution in [1.82, 2.24) is 5.32 Å². The number of nitrogens with one attached hydrogen (secondary N) is 1. The number of amides is 1. The van der Waals surface area contributed by atoms with Gasteiger partial charge >= 0.3 is 0 Å². The summed E-state index contributed by atoms with van der Waals surface area (Å²) in [6.07, 6.45) is 1.16. The molecular formula is C21H28N2O4S. The Labute approximate surface area is 167 Å². The van der Waals surface area contributed by atoms with Crippen LogP contribution in [0.4, 0.5) is 5.69 Å². The third kappa shape index (κ3) is 6.56. The Morgan fingerprint density at radius 2 is 1.75 bits per heavy atom. The number of nitrogens with zero attached hydrogens (tertiary/aromatic N) is 1. The van der Waals surface area contributed by atoms with Crippen molar-refractivity contribution in [2.75, 3.05) is 17.1 Å². The van der Waals surface area contributed by atoms with Crippen molar-refractivity contribution in [3.05, 3.63) is 59.2 Å². The van der Waals surface area contributed by atoms with Crippen molar-refractivity contribution in [3.8, 4) is 5.75 Å². The molecule has 0 bridgehead atoms. The Hall–Kier alpha value is -2.54. The maximum Gasteiger partial charge on any atom is 0.241 e. The molecule has 2 aromatic rings. The van der Waals surface area contributed by atoms with Crippen LogP contribution in [0.3, 0.4) is 0 Å². The summed E-state index contributed by atoms with van der Waals surface area (Å²) in [6.45, 7) is 7.69. The van der Waals surface area contributed by atoms with Crippen molar-refractivity contribution in [1.29, 1.82) is 0 Å². The van der Waals surface area contributed by atoms with Crippen LogP contribution in [0.1, 0.15) is 30.5 Å². The molecule has 28 heavy (non-hydrogen) atoms. The first-order valence-electron chi connectivity index (χ1n) is 9.13. The number of aryl methyl sites for hydroxylation is 2. The lowest BCUT2D eigenvalue weighted by Crippen LogP contribution is -2.40. The normalized spacial score (nSPS) is 11.4. The van der Waals surface area contributed by atoms with E-state index in [1.807, 2.05) is 58.0 Å². The van der Waals surface area contributed by atoms with E-state index in [9.17, 15) is 13.2 Å². The van der Waals surface area contributed by atoms with Gasteiger partial charge in [0.25, 0.3) is 0 Å². The van der Waals surface area contributed by atoms with Gasteiger partial charge in [-0.15, -0.1) is 0 Å². The Balaban J connectivity index is 2.08. The highest BCUT2D eigenvalue weighted by Crippen LogP contribution is 2.21. The summed E-state index contributed by atoms with van der Waals surface area (Å²) in [5.74, 6) is 0.356. The van der Waals surface area contributed by atoms with E-state index in [1.54, 1.807) is 12.1 Å². The monoisotopic (exact) mass is 404 g/mol. The van der Waals surface area contributed by atoms with Gasteiger partial charge in [-0.05, 0) is 68.7 Å². The largest absolute Gasteiger partial charge is 0.491 e. The molecular weight excluding hydrogens is 376 g/mol. The second-order valence-corrected chi connectivity index (χ2v) is 9.11. The molecule has 2 rings (SSSR count). The smallest absolute Gasteiger partial charge is 0.241 e. The average molecular weight is 405 g/mol. The fourth-order valence-corrected chi connectivity index (χ4v) is 3.72. The van der Waals surface area contributed by atoms with E-state index < -0.39 is 10.0 Å². The fraction of sp³-hybridized carbons (Fsp3) is 0.381. The number of hydrogen-bond donors (Lipinski definition) is 1. The zero-order chi connectivity index (χ0) is 20.9. The molecule has 0 saturated carbocycles. The maximum absolute atomic E-state index is 12.4. The molecule has 0 aromatic heterocycles. The second kappa shape index (κ2) is 9.10. The highest BCUT2D eigenvalue weighted by Gasteiger charge is 2.21. The Bertz CT molecular complexity index is 919. The van der Waals surface area contributed by atoms with E-state index >= 15 is 0 Å². The molecule has 0 radical (unpaired) electrons. The summed E-state index contributed by atoms with van der Waals surface area (Å²) in [5.41, 5.74) is 3.24. The molecule has 0 atom stereocenters. The summed E-state index contributed by atoms with van der Waals surface area (Å²) in [5, 5.41) is 2.78. The van der Waals surface area contributed by atoms with E-state index in [4.69, 9.17) is 4.74 Å². The molecule has 1 amide bonds. The van der Waals surface area contributed by atoms with Gasteiger partial charge in [0.05, 0.1) is 18.0 Å². The molecule has 0 aliphatic rings. The van der Waals surface area contributed by atoms with E-state index in [1.165, 1.54) is 0 Å². The molecule has 0 unspecified atom stereocenters. The molecule has 0 fully saturated rings. The van der Waals surface area contributed by atoms with Crippen LogP contribution in [0.2, 0.25) is 0 Å². The second-order valence-electron chi connectivity index (χ2n) is 7.21. The van der Waals surface area contributed by atoms with Gasteiger partial charge < -0.3 is 10.1 Å². The van der Waals surface area contributed by atoms with Crippen LogP contribution in [0.5, 0.6) is 5.75 Å². The number of anilines is 1. The van der Waals surface area contributed by atoms with Crippen molar-refractivity contribution < 1.29 is 17.9 Å². The minimum atomic E-state index is -3.60. The molecule has 0 aliphatic carbocycles. The SMILES string of the molecule is Cc1cc(C)cc(N(CC(=O)NCc2cccc(OC(C)C)c2)S(C)(=O)=O)c1. The lowest BCUT2D eigenvalue weighted by Gasteiger charge is -2.23. The van der Waals surface area contributed by atoms with E-state index in [2.05, 4.69) is 5.32 Å². The minimum Gasteiger partial charge on any atom is -0.491 e. The van der Waals surface area contributed by atoms with E-state index in [0.29, 0.717) is 12.2 Å². The first-order valence-corrected chi connectivity index (χ1v) is 11.0. The summed E-state index contributed by atoms with van der Waals surface area (Å²) in [4.78, 5) is 12.4. The van der Waals surface area contributed by atoms with Crippen LogP contribution in [-0.2, 0) is 21.4 Å². The molecule has 0 aliphatic heterocycles. The van der Waals surface area contributed by atoms with Crippen LogP contribution >= 0.6 is 0 Å². The highest BCUT2D eigenvalue weighted by molar-refractivity contribution is 7.92. The highest BCUT2D eigenvalue weighted by atomic mass is 32.2. The first-order chi connectivity index (χ1) is 13.0. The molecule has 7 heteroatoms. The van der Waals surface area contributed by atoms with Crippen molar-refractivity contribution in [2.45, 2.75) is 40.3 Å². The zero-order valence-corrected chi connectivity index (χ0v) is 17.8. The summed E-state index contributed by atoms with van der Waals surface area (Å²) >= 11 is 0. The molecule has 6 nitrogen and oxygen atoms in total. The third-order valence-electron chi connectivity index (χ3n) is 3.94. The summed E-state index contributed by atoms with van der Waals surface area (Å²) in [7, 11) is -3.60. The Morgan fingerprint density at radius 3 is 2.32 bits per heavy atom. The number of carbonyl (C=O) groups is 1. The number of benzene rings is 2. The van der Waals surface area contributed by atoms with Crippen LogP contribution in [0.15, 0.2) is 42.5 Å². The maximum atomic E-state index is 12.4. The predicted octanol–water partition coefficient (Wildman–Crippen LogP) is 3.17. The van der Waals surface area contributed by atoms with Crippen molar-refractivity contribution >= 4 is 21.6 Å². The quantitative estimate of drug-likeness (QED) is 0.733. The summed E-state index contributed by atoms with van der Waals surface area (Å²) in [6, 6.07) is 12.9. The number of carbonyl (C=O) groups excluding carboxylic acids is 1. The molecule has 2 aromatic carbocycles. The van der Waals surface area contributed by atoms with Crippen LogP contribution in [-0.4, -0.2) is 33.2 Å².